The van der Waals surface area contributed by atoms with Crippen LogP contribution in [0.15, 0.2) is 39.6 Å². The molecule has 82 valence electrons. The molecule has 0 radical (unpaired) electrons. The average Bonchev–Trinajstić information content (AvgIpc) is 2.58. The van der Waals surface area contributed by atoms with Crippen molar-refractivity contribution in [3.63, 3.8) is 0 Å². The van der Waals surface area contributed by atoms with E-state index in [1.807, 2.05) is 0 Å². The Balaban J connectivity index is 2.46. The van der Waals surface area contributed by atoms with Crippen molar-refractivity contribution >= 4 is 5.97 Å². The standard InChI is InChI=1S/C11H9NO4/c1-12-9(6-10(13)16-12)7-2-4-8(5-3-7)11(14)15/h2-6H,1H3,(H,14,15). The highest BCUT2D eigenvalue weighted by atomic mass is 16.5. The zero-order valence-corrected chi connectivity index (χ0v) is 8.51. The molecule has 0 aliphatic rings. The second kappa shape index (κ2) is 3.69. The summed E-state index contributed by atoms with van der Waals surface area (Å²) in [5.41, 5.74) is 1.12. The molecule has 0 spiro atoms. The van der Waals surface area contributed by atoms with E-state index in [0.717, 1.165) is 5.56 Å². The van der Waals surface area contributed by atoms with Gasteiger partial charge < -0.3 is 9.63 Å². The van der Waals surface area contributed by atoms with Crippen molar-refractivity contribution in [2.75, 3.05) is 0 Å². The smallest absolute Gasteiger partial charge is 0.358 e. The fourth-order valence-electron chi connectivity index (χ4n) is 1.46. The Morgan fingerprint density at radius 3 is 2.38 bits per heavy atom. The second-order valence-corrected chi connectivity index (χ2v) is 3.32. The first-order chi connectivity index (χ1) is 7.58. The molecule has 0 aliphatic heterocycles. The van der Waals surface area contributed by atoms with Gasteiger partial charge in [0, 0.05) is 12.6 Å². The van der Waals surface area contributed by atoms with Crippen LogP contribution in [0, 0.1) is 0 Å². The summed E-state index contributed by atoms with van der Waals surface area (Å²) < 4.78 is 6.14. The molecular formula is C11H9NO4. The van der Waals surface area contributed by atoms with Crippen molar-refractivity contribution in [1.29, 1.82) is 0 Å². The monoisotopic (exact) mass is 219 g/mol. The van der Waals surface area contributed by atoms with Gasteiger partial charge in [0.15, 0.2) is 0 Å². The lowest BCUT2D eigenvalue weighted by Gasteiger charge is -2.01. The van der Waals surface area contributed by atoms with Crippen LogP contribution >= 0.6 is 0 Å². The normalized spacial score (nSPS) is 10.3. The second-order valence-electron chi connectivity index (χ2n) is 3.32. The fraction of sp³-hybridized carbons (Fsp3) is 0.0909. The minimum Gasteiger partial charge on any atom is -0.478 e. The van der Waals surface area contributed by atoms with Gasteiger partial charge >= 0.3 is 11.6 Å². The summed E-state index contributed by atoms with van der Waals surface area (Å²) in [7, 11) is 1.61. The number of carboxylic acids is 1. The number of carboxylic acid groups (broad SMARTS) is 1. The largest absolute Gasteiger partial charge is 0.478 e. The Bertz CT molecular complexity index is 577. The van der Waals surface area contributed by atoms with Crippen LogP contribution in [0.5, 0.6) is 0 Å². The summed E-state index contributed by atoms with van der Waals surface area (Å²) in [4.78, 5) is 21.6. The molecule has 1 aromatic heterocycles. The minimum atomic E-state index is -0.979. The minimum absolute atomic E-state index is 0.206. The number of aromatic nitrogens is 1. The molecule has 0 saturated carbocycles. The maximum atomic E-state index is 11.0. The predicted octanol–water partition coefficient (Wildman–Crippen LogP) is 1.34. The first-order valence-corrected chi connectivity index (χ1v) is 4.59. The van der Waals surface area contributed by atoms with E-state index in [0.29, 0.717) is 5.69 Å². The summed E-state index contributed by atoms with van der Waals surface area (Å²) in [6, 6.07) is 7.58. The molecule has 0 saturated heterocycles. The van der Waals surface area contributed by atoms with Gasteiger partial charge in [0.25, 0.3) is 0 Å². The molecule has 2 rings (SSSR count). The molecule has 1 heterocycles. The lowest BCUT2D eigenvalue weighted by atomic mass is 10.1. The van der Waals surface area contributed by atoms with E-state index in [1.54, 1.807) is 19.2 Å². The fourth-order valence-corrected chi connectivity index (χ4v) is 1.46. The van der Waals surface area contributed by atoms with E-state index >= 15 is 0 Å². The van der Waals surface area contributed by atoms with Gasteiger partial charge in [-0.05, 0) is 12.1 Å². The molecule has 0 amide bonds. The van der Waals surface area contributed by atoms with Crippen LogP contribution in [0.2, 0.25) is 0 Å². The van der Waals surface area contributed by atoms with E-state index in [1.165, 1.54) is 22.9 Å². The maximum Gasteiger partial charge on any atom is 0.358 e. The van der Waals surface area contributed by atoms with E-state index < -0.39 is 11.6 Å². The lowest BCUT2D eigenvalue weighted by molar-refractivity contribution is 0.0697. The number of benzene rings is 1. The van der Waals surface area contributed by atoms with Gasteiger partial charge in [-0.25, -0.2) is 14.3 Å². The van der Waals surface area contributed by atoms with E-state index in [4.69, 9.17) is 9.63 Å². The molecule has 0 aliphatic carbocycles. The molecule has 5 heteroatoms. The quantitative estimate of drug-likeness (QED) is 0.827. The van der Waals surface area contributed by atoms with Crippen molar-refractivity contribution in [3.05, 3.63) is 46.3 Å². The van der Waals surface area contributed by atoms with Crippen LogP contribution in [-0.2, 0) is 7.05 Å². The third-order valence-corrected chi connectivity index (χ3v) is 2.25. The Labute approximate surface area is 90.5 Å². The third kappa shape index (κ3) is 1.75. The maximum absolute atomic E-state index is 11.0. The first kappa shape index (κ1) is 10.2. The van der Waals surface area contributed by atoms with Crippen LogP contribution in [0.1, 0.15) is 10.4 Å². The number of hydrogen-bond acceptors (Lipinski definition) is 3. The van der Waals surface area contributed by atoms with Crippen molar-refractivity contribution in [3.8, 4) is 11.3 Å². The van der Waals surface area contributed by atoms with Crippen LogP contribution in [0.4, 0.5) is 0 Å². The van der Waals surface area contributed by atoms with Gasteiger partial charge in [0.05, 0.1) is 17.3 Å². The molecule has 0 bridgehead atoms. The molecule has 16 heavy (non-hydrogen) atoms. The van der Waals surface area contributed by atoms with Crippen molar-refractivity contribution in [1.82, 2.24) is 4.74 Å². The van der Waals surface area contributed by atoms with Crippen LogP contribution in [0.25, 0.3) is 11.3 Å². The summed E-state index contributed by atoms with van der Waals surface area (Å²) in [5, 5.41) is 8.73. The number of hydrogen-bond donors (Lipinski definition) is 1. The van der Waals surface area contributed by atoms with Gasteiger partial charge in [-0.3, -0.25) is 0 Å². The van der Waals surface area contributed by atoms with E-state index in [2.05, 4.69) is 0 Å². The van der Waals surface area contributed by atoms with Gasteiger partial charge in [0.1, 0.15) is 0 Å². The lowest BCUT2D eigenvalue weighted by Crippen LogP contribution is -1.96. The zero-order chi connectivity index (χ0) is 11.7. The number of nitrogens with zero attached hydrogens (tertiary/aromatic N) is 1. The highest BCUT2D eigenvalue weighted by Crippen LogP contribution is 2.17. The number of carbonyl (C=O) groups is 1. The Morgan fingerprint density at radius 2 is 1.94 bits per heavy atom. The highest BCUT2D eigenvalue weighted by molar-refractivity contribution is 5.88. The van der Waals surface area contributed by atoms with Gasteiger partial charge in [-0.15, -0.1) is 0 Å². The van der Waals surface area contributed by atoms with E-state index in [-0.39, 0.29) is 5.56 Å². The number of aromatic carboxylic acids is 1. The predicted molar refractivity (Wildman–Crippen MR) is 56.3 cm³/mol. The van der Waals surface area contributed by atoms with Crippen LogP contribution in [0.3, 0.4) is 0 Å². The van der Waals surface area contributed by atoms with Crippen LogP contribution in [-0.4, -0.2) is 15.8 Å². The first-order valence-electron chi connectivity index (χ1n) is 4.59. The summed E-state index contributed by atoms with van der Waals surface area (Å²) in [5.74, 6) is -0.979. The Morgan fingerprint density at radius 1 is 1.31 bits per heavy atom. The zero-order valence-electron chi connectivity index (χ0n) is 8.51. The third-order valence-electron chi connectivity index (χ3n) is 2.25. The molecule has 2 aromatic rings. The summed E-state index contributed by atoms with van der Waals surface area (Å²) in [6.45, 7) is 0. The van der Waals surface area contributed by atoms with Crippen molar-refractivity contribution < 1.29 is 14.4 Å². The van der Waals surface area contributed by atoms with Crippen LogP contribution < -0.4 is 5.63 Å². The SMILES string of the molecule is Cn1oc(=O)cc1-c1ccc(C(=O)O)cc1. The van der Waals surface area contributed by atoms with Gasteiger partial charge in [0.2, 0.25) is 0 Å². The summed E-state index contributed by atoms with van der Waals surface area (Å²) in [6.07, 6.45) is 0. The number of rotatable bonds is 2. The van der Waals surface area contributed by atoms with E-state index in [9.17, 15) is 9.59 Å². The number of aryl methyl sites for hydroxylation is 1. The molecule has 1 N–H and O–H groups in total. The average molecular weight is 219 g/mol. The van der Waals surface area contributed by atoms with Crippen molar-refractivity contribution in [2.24, 2.45) is 7.05 Å². The molecule has 0 unspecified atom stereocenters. The molecule has 5 nitrogen and oxygen atoms in total. The highest BCUT2D eigenvalue weighted by Gasteiger charge is 2.07. The van der Waals surface area contributed by atoms with Gasteiger partial charge in [-0.1, -0.05) is 12.1 Å². The van der Waals surface area contributed by atoms with Gasteiger partial charge in [-0.2, -0.15) is 0 Å². The molecule has 0 fully saturated rings. The molecule has 0 atom stereocenters. The molecular weight excluding hydrogens is 210 g/mol. The topological polar surface area (TPSA) is 72.4 Å². The Kier molecular flexibility index (Phi) is 2.36. The van der Waals surface area contributed by atoms with Crippen molar-refractivity contribution in [2.45, 2.75) is 0 Å². The summed E-state index contributed by atoms with van der Waals surface area (Å²) >= 11 is 0. The Hall–Kier alpha value is -2.30. The molecule has 1 aromatic carbocycles.